The molecule has 1 aromatic heterocycles. The molecule has 2 rings (SSSR count). The highest BCUT2D eigenvalue weighted by atomic mass is 32.2. The number of pyridine rings is 1. The van der Waals surface area contributed by atoms with Crippen molar-refractivity contribution in [2.75, 3.05) is 0 Å². The predicted molar refractivity (Wildman–Crippen MR) is 92.2 cm³/mol. The average Bonchev–Trinajstić information content (AvgIpc) is 2.37. The zero-order valence-electron chi connectivity index (χ0n) is 13.9. The fraction of sp³-hybridized carbons (Fsp3) is 0.421. The van der Waals surface area contributed by atoms with E-state index in [0.29, 0.717) is 0 Å². The Bertz CT molecular complexity index is 601. The topological polar surface area (TPSA) is 12.9 Å². The predicted octanol–water partition coefficient (Wildman–Crippen LogP) is 5.83. The molecule has 1 heterocycles. The minimum absolute atomic E-state index is 0.136. The average molecular weight is 299 g/mol. The molecule has 0 spiro atoms. The summed E-state index contributed by atoms with van der Waals surface area (Å²) in [6.45, 7) is 13.5. The Morgan fingerprint density at radius 2 is 1.43 bits per heavy atom. The van der Waals surface area contributed by atoms with E-state index in [1.54, 1.807) is 11.8 Å². The third kappa shape index (κ3) is 4.10. The van der Waals surface area contributed by atoms with E-state index in [9.17, 15) is 0 Å². The van der Waals surface area contributed by atoms with Crippen molar-refractivity contribution in [2.45, 2.75) is 62.2 Å². The first-order chi connectivity index (χ1) is 9.68. The quantitative estimate of drug-likeness (QED) is 0.692. The number of hydrogen-bond acceptors (Lipinski definition) is 2. The Balaban J connectivity index is 2.27. The summed E-state index contributed by atoms with van der Waals surface area (Å²) >= 11 is 1.80. The van der Waals surface area contributed by atoms with Gasteiger partial charge in [-0.2, -0.15) is 0 Å². The molecule has 0 saturated heterocycles. The second kappa shape index (κ2) is 5.84. The summed E-state index contributed by atoms with van der Waals surface area (Å²) < 4.78 is 0. The van der Waals surface area contributed by atoms with Crippen LogP contribution in [0.15, 0.2) is 52.5 Å². The van der Waals surface area contributed by atoms with Gasteiger partial charge in [0.1, 0.15) is 0 Å². The van der Waals surface area contributed by atoms with Gasteiger partial charge in [0.05, 0.1) is 0 Å². The number of aromatic nitrogens is 1. The molecule has 0 amide bonds. The van der Waals surface area contributed by atoms with E-state index in [1.165, 1.54) is 20.9 Å². The third-order valence-electron chi connectivity index (χ3n) is 3.54. The maximum absolute atomic E-state index is 4.29. The second-order valence-corrected chi connectivity index (χ2v) is 8.61. The van der Waals surface area contributed by atoms with E-state index in [-0.39, 0.29) is 10.8 Å². The first-order valence-corrected chi connectivity index (χ1v) is 8.22. The highest BCUT2D eigenvalue weighted by Crippen LogP contribution is 2.36. The number of rotatable bonds is 2. The van der Waals surface area contributed by atoms with Crippen LogP contribution in [0.5, 0.6) is 0 Å². The van der Waals surface area contributed by atoms with Gasteiger partial charge in [-0.25, -0.2) is 0 Å². The van der Waals surface area contributed by atoms with E-state index >= 15 is 0 Å². The van der Waals surface area contributed by atoms with Gasteiger partial charge in [-0.05, 0) is 40.2 Å². The van der Waals surface area contributed by atoms with Gasteiger partial charge < -0.3 is 0 Å². The van der Waals surface area contributed by atoms with Crippen molar-refractivity contribution in [1.82, 2.24) is 4.98 Å². The number of benzene rings is 1. The summed E-state index contributed by atoms with van der Waals surface area (Å²) in [5, 5.41) is 0. The normalized spacial score (nSPS) is 12.5. The molecule has 0 unspecified atom stereocenters. The molecule has 0 atom stereocenters. The monoisotopic (exact) mass is 299 g/mol. The Morgan fingerprint density at radius 1 is 0.810 bits per heavy atom. The van der Waals surface area contributed by atoms with Gasteiger partial charge in [-0.15, -0.1) is 0 Å². The zero-order valence-corrected chi connectivity index (χ0v) is 14.7. The van der Waals surface area contributed by atoms with Gasteiger partial charge in [-0.1, -0.05) is 65.4 Å². The lowest BCUT2D eigenvalue weighted by Crippen LogP contribution is -2.12. The standard InChI is InChI=1S/C19H25NS/c1-18(2,3)14-7-9-15(10-8-14)21-17-13-20-12-11-16(17)19(4,5)6/h7-13H,1-6H3. The Hall–Kier alpha value is -1.28. The highest BCUT2D eigenvalue weighted by molar-refractivity contribution is 7.99. The maximum Gasteiger partial charge on any atom is 0.0410 e. The van der Waals surface area contributed by atoms with Crippen molar-refractivity contribution in [3.8, 4) is 0 Å². The Kier molecular flexibility index (Phi) is 4.48. The molecule has 1 aromatic carbocycles. The van der Waals surface area contributed by atoms with Gasteiger partial charge in [-0.3, -0.25) is 4.98 Å². The molecule has 0 aliphatic rings. The molecule has 0 radical (unpaired) electrons. The molecule has 0 aliphatic carbocycles. The number of hydrogen-bond donors (Lipinski definition) is 0. The third-order valence-corrected chi connectivity index (χ3v) is 4.59. The van der Waals surface area contributed by atoms with Crippen molar-refractivity contribution in [1.29, 1.82) is 0 Å². The molecule has 0 N–H and O–H groups in total. The molecular formula is C19H25NS. The van der Waals surface area contributed by atoms with Crippen molar-refractivity contribution in [3.63, 3.8) is 0 Å². The largest absolute Gasteiger partial charge is 0.264 e. The minimum Gasteiger partial charge on any atom is -0.264 e. The molecule has 2 heteroatoms. The minimum atomic E-state index is 0.136. The van der Waals surface area contributed by atoms with Gasteiger partial charge in [0.2, 0.25) is 0 Å². The summed E-state index contributed by atoms with van der Waals surface area (Å²) in [7, 11) is 0. The van der Waals surface area contributed by atoms with Crippen LogP contribution < -0.4 is 0 Å². The summed E-state index contributed by atoms with van der Waals surface area (Å²) in [5.41, 5.74) is 3.06. The first-order valence-electron chi connectivity index (χ1n) is 7.41. The molecule has 112 valence electrons. The summed E-state index contributed by atoms with van der Waals surface area (Å²) in [6.07, 6.45) is 3.86. The van der Waals surface area contributed by atoms with Crippen molar-refractivity contribution in [3.05, 3.63) is 53.9 Å². The van der Waals surface area contributed by atoms with Gasteiger partial charge in [0, 0.05) is 22.2 Å². The maximum atomic E-state index is 4.29. The molecule has 0 aliphatic heterocycles. The van der Waals surface area contributed by atoms with Crippen LogP contribution in [-0.4, -0.2) is 4.98 Å². The molecule has 0 fully saturated rings. The van der Waals surface area contributed by atoms with Gasteiger partial charge in [0.15, 0.2) is 0 Å². The molecule has 1 nitrogen and oxygen atoms in total. The highest BCUT2D eigenvalue weighted by Gasteiger charge is 2.18. The first kappa shape index (κ1) is 16.1. The lowest BCUT2D eigenvalue weighted by molar-refractivity contribution is 0.576. The van der Waals surface area contributed by atoms with Gasteiger partial charge >= 0.3 is 0 Å². The Labute approximate surface area is 133 Å². The lowest BCUT2D eigenvalue weighted by Gasteiger charge is -2.22. The van der Waals surface area contributed by atoms with E-state index in [4.69, 9.17) is 0 Å². The van der Waals surface area contributed by atoms with Gasteiger partial charge in [0.25, 0.3) is 0 Å². The summed E-state index contributed by atoms with van der Waals surface area (Å²) in [4.78, 5) is 6.80. The Morgan fingerprint density at radius 3 is 1.95 bits per heavy atom. The molecular weight excluding hydrogens is 274 g/mol. The molecule has 21 heavy (non-hydrogen) atoms. The van der Waals surface area contributed by atoms with Crippen LogP contribution in [0.3, 0.4) is 0 Å². The van der Waals surface area contributed by atoms with E-state index in [0.717, 1.165) is 0 Å². The van der Waals surface area contributed by atoms with Crippen LogP contribution in [0.25, 0.3) is 0 Å². The van der Waals surface area contributed by atoms with Crippen LogP contribution in [-0.2, 0) is 10.8 Å². The SMILES string of the molecule is CC(C)(C)c1ccc(Sc2cnccc2C(C)(C)C)cc1. The zero-order chi connectivity index (χ0) is 15.7. The molecule has 2 aromatic rings. The number of nitrogens with zero attached hydrogens (tertiary/aromatic N) is 1. The van der Waals surface area contributed by atoms with Crippen molar-refractivity contribution < 1.29 is 0 Å². The van der Waals surface area contributed by atoms with Crippen LogP contribution in [0.4, 0.5) is 0 Å². The summed E-state index contributed by atoms with van der Waals surface area (Å²) in [5.74, 6) is 0. The van der Waals surface area contributed by atoms with Crippen molar-refractivity contribution >= 4 is 11.8 Å². The van der Waals surface area contributed by atoms with Crippen LogP contribution in [0, 0.1) is 0 Å². The molecule has 0 bridgehead atoms. The second-order valence-electron chi connectivity index (χ2n) is 7.50. The van der Waals surface area contributed by atoms with E-state index in [1.807, 2.05) is 12.4 Å². The van der Waals surface area contributed by atoms with E-state index in [2.05, 4.69) is 76.9 Å². The summed E-state index contributed by atoms with van der Waals surface area (Å²) in [6, 6.07) is 11.0. The fourth-order valence-electron chi connectivity index (χ4n) is 2.23. The molecule has 0 saturated carbocycles. The smallest absolute Gasteiger partial charge is 0.0410 e. The van der Waals surface area contributed by atoms with Crippen LogP contribution in [0.1, 0.15) is 52.7 Å². The fourth-order valence-corrected chi connectivity index (χ4v) is 3.35. The van der Waals surface area contributed by atoms with Crippen molar-refractivity contribution in [2.24, 2.45) is 0 Å². The van der Waals surface area contributed by atoms with Crippen LogP contribution >= 0.6 is 11.8 Å². The lowest BCUT2D eigenvalue weighted by atomic mass is 9.87. The van der Waals surface area contributed by atoms with Crippen LogP contribution in [0.2, 0.25) is 0 Å². The van der Waals surface area contributed by atoms with E-state index < -0.39 is 0 Å².